The van der Waals surface area contributed by atoms with Crippen molar-refractivity contribution in [1.29, 1.82) is 0 Å². The van der Waals surface area contributed by atoms with Crippen LogP contribution in [-0.4, -0.2) is 38.9 Å². The van der Waals surface area contributed by atoms with Crippen LogP contribution in [0.1, 0.15) is 28.3 Å². The number of sulfone groups is 1. The monoisotopic (exact) mass is 449 g/mol. The number of likely N-dealkylation sites (tertiary alicyclic amines) is 1. The topological polar surface area (TPSA) is 37.4 Å². The first kappa shape index (κ1) is 21.9. The first-order chi connectivity index (χ1) is 15.0. The molecule has 0 spiro atoms. The van der Waals surface area contributed by atoms with Crippen LogP contribution in [0.4, 0.5) is 0 Å². The molecule has 0 unspecified atom stereocenters. The third-order valence-corrected chi connectivity index (χ3v) is 7.46. The maximum atomic E-state index is 12.8. The van der Waals surface area contributed by atoms with Gasteiger partial charge in [0.05, 0.1) is 10.9 Å². The summed E-state index contributed by atoms with van der Waals surface area (Å²) >= 11 is 1.74. The van der Waals surface area contributed by atoms with Gasteiger partial charge in [-0.1, -0.05) is 78.9 Å². The van der Waals surface area contributed by atoms with Gasteiger partial charge in [0.25, 0.3) is 0 Å². The maximum absolute atomic E-state index is 12.8. The summed E-state index contributed by atoms with van der Waals surface area (Å²) < 4.78 is 25.5. The van der Waals surface area contributed by atoms with Gasteiger partial charge in [-0.25, -0.2) is 8.42 Å². The van der Waals surface area contributed by atoms with Crippen molar-refractivity contribution in [3.63, 3.8) is 0 Å². The fourth-order valence-electron chi connectivity index (χ4n) is 4.30. The van der Waals surface area contributed by atoms with Crippen molar-refractivity contribution >= 4 is 26.5 Å². The minimum Gasteiger partial charge on any atom is -0.284 e. The zero-order valence-corrected chi connectivity index (χ0v) is 19.5. The van der Waals surface area contributed by atoms with Gasteiger partial charge in [-0.2, -0.15) is 11.8 Å². The smallest absolute Gasteiger partial charge is 0.176 e. The van der Waals surface area contributed by atoms with E-state index in [2.05, 4.69) is 65.8 Å². The van der Waals surface area contributed by atoms with E-state index in [-0.39, 0.29) is 6.04 Å². The minimum absolute atomic E-state index is 0.106. The Morgan fingerprint density at radius 3 is 2.00 bits per heavy atom. The molecule has 0 bridgehead atoms. The van der Waals surface area contributed by atoms with Gasteiger partial charge in [0.1, 0.15) is 0 Å². The Morgan fingerprint density at radius 1 is 0.903 bits per heavy atom. The number of benzene rings is 3. The molecular formula is C26H27NO2S2. The van der Waals surface area contributed by atoms with Crippen molar-refractivity contribution < 1.29 is 8.42 Å². The third-order valence-electron chi connectivity index (χ3n) is 5.58. The van der Waals surface area contributed by atoms with Crippen molar-refractivity contribution in [1.82, 2.24) is 4.90 Å². The molecule has 3 aromatic rings. The van der Waals surface area contributed by atoms with Crippen LogP contribution in [-0.2, 0) is 15.6 Å². The Bertz CT molecular complexity index is 1120. The molecule has 1 aliphatic heterocycles. The van der Waals surface area contributed by atoms with Crippen LogP contribution in [0.25, 0.3) is 4.91 Å². The largest absolute Gasteiger partial charge is 0.284 e. The van der Waals surface area contributed by atoms with Crippen molar-refractivity contribution in [3.05, 3.63) is 113 Å². The van der Waals surface area contributed by atoms with Gasteiger partial charge >= 0.3 is 0 Å². The molecule has 3 aromatic carbocycles. The lowest BCUT2D eigenvalue weighted by Gasteiger charge is -2.42. The highest BCUT2D eigenvalue weighted by Gasteiger charge is 2.34. The highest BCUT2D eigenvalue weighted by atomic mass is 32.2. The minimum atomic E-state index is -3.34. The van der Waals surface area contributed by atoms with Crippen LogP contribution in [0.5, 0.6) is 0 Å². The average molecular weight is 450 g/mol. The Balaban J connectivity index is 1.69. The lowest BCUT2D eigenvalue weighted by molar-refractivity contribution is 0.203. The Kier molecular flexibility index (Phi) is 6.65. The quantitative estimate of drug-likeness (QED) is 0.483. The van der Waals surface area contributed by atoms with Crippen LogP contribution in [0, 0.1) is 0 Å². The zero-order valence-electron chi connectivity index (χ0n) is 17.9. The molecule has 5 heteroatoms. The molecule has 0 saturated carbocycles. The molecule has 0 amide bonds. The molecule has 3 nitrogen and oxygen atoms in total. The van der Waals surface area contributed by atoms with Crippen LogP contribution < -0.4 is 0 Å². The van der Waals surface area contributed by atoms with Gasteiger partial charge in [-0.05, 0) is 40.1 Å². The summed E-state index contributed by atoms with van der Waals surface area (Å²) in [5.41, 5.74) is 5.38. The normalized spacial score (nSPS) is 14.5. The second-order valence-corrected chi connectivity index (χ2v) is 10.8. The van der Waals surface area contributed by atoms with E-state index in [9.17, 15) is 8.42 Å². The van der Waals surface area contributed by atoms with Gasteiger partial charge in [-0.3, -0.25) is 4.90 Å². The summed E-state index contributed by atoms with van der Waals surface area (Å²) in [4.78, 5) is 2.84. The van der Waals surface area contributed by atoms with E-state index in [1.165, 1.54) is 17.4 Å². The van der Waals surface area contributed by atoms with Gasteiger partial charge in [-0.15, -0.1) is 0 Å². The van der Waals surface area contributed by atoms with Gasteiger partial charge in [0, 0.05) is 25.1 Å². The molecule has 1 aliphatic rings. The number of hydrogen-bond donors (Lipinski definition) is 0. The molecule has 0 atom stereocenters. The standard InChI is InChI=1S/C26H27NO2S2/c1-30-19-20-10-9-15-23(16-20)26(31(2,28)29)24-17-27(18-24)25(21-11-5-3-6-12-21)22-13-7-4-8-14-22/h3-16,25H,17-19H2,1-2H3. The Hall–Kier alpha value is -2.34. The van der Waals surface area contributed by atoms with Crippen molar-refractivity contribution in [2.24, 2.45) is 0 Å². The number of hydrogen-bond acceptors (Lipinski definition) is 4. The first-order valence-electron chi connectivity index (χ1n) is 10.3. The molecule has 0 aliphatic carbocycles. The van der Waals surface area contributed by atoms with Gasteiger partial charge in [0.2, 0.25) is 0 Å². The van der Waals surface area contributed by atoms with Crippen LogP contribution in [0.15, 0.2) is 90.5 Å². The molecular weight excluding hydrogens is 422 g/mol. The summed E-state index contributed by atoms with van der Waals surface area (Å²) in [6.07, 6.45) is 3.38. The van der Waals surface area contributed by atoms with E-state index in [1.54, 1.807) is 11.8 Å². The first-order valence-corrected chi connectivity index (χ1v) is 13.6. The molecule has 4 rings (SSSR count). The molecule has 31 heavy (non-hydrogen) atoms. The third kappa shape index (κ3) is 4.95. The van der Waals surface area contributed by atoms with E-state index in [1.807, 2.05) is 30.3 Å². The fraction of sp³-hybridized carbons (Fsp3) is 0.231. The molecule has 1 heterocycles. The second-order valence-electron chi connectivity index (χ2n) is 7.97. The SMILES string of the molecule is CSCc1cccc(C(=C2CN(C(c3ccccc3)c3ccccc3)C2)S(C)(=O)=O)c1. The van der Waals surface area contributed by atoms with Crippen LogP contribution in [0.3, 0.4) is 0 Å². The molecule has 1 fully saturated rings. The predicted molar refractivity (Wildman–Crippen MR) is 132 cm³/mol. The molecule has 1 saturated heterocycles. The summed E-state index contributed by atoms with van der Waals surface area (Å²) in [5, 5.41) is 0. The van der Waals surface area contributed by atoms with E-state index >= 15 is 0 Å². The average Bonchev–Trinajstić information content (AvgIpc) is 2.73. The number of rotatable bonds is 7. The lowest BCUT2D eigenvalue weighted by Crippen LogP contribution is -2.44. The summed E-state index contributed by atoms with van der Waals surface area (Å²) in [6, 6.07) is 28.9. The fourth-order valence-corrected chi connectivity index (χ4v) is 6.03. The van der Waals surface area contributed by atoms with E-state index in [4.69, 9.17) is 0 Å². The maximum Gasteiger partial charge on any atom is 0.176 e. The van der Waals surface area contributed by atoms with Gasteiger partial charge < -0.3 is 0 Å². The zero-order chi connectivity index (χ0) is 21.8. The van der Waals surface area contributed by atoms with Crippen LogP contribution in [0.2, 0.25) is 0 Å². The van der Waals surface area contributed by atoms with Crippen molar-refractivity contribution in [2.75, 3.05) is 25.6 Å². The van der Waals surface area contributed by atoms with Crippen molar-refractivity contribution in [2.45, 2.75) is 11.8 Å². The highest BCUT2D eigenvalue weighted by Crippen LogP contribution is 2.38. The highest BCUT2D eigenvalue weighted by molar-refractivity contribution is 8.00. The van der Waals surface area contributed by atoms with E-state index in [0.717, 1.165) is 22.5 Å². The number of nitrogens with zero attached hydrogens (tertiary/aromatic N) is 1. The number of thioether (sulfide) groups is 1. The second kappa shape index (κ2) is 9.43. The lowest BCUT2D eigenvalue weighted by atomic mass is 9.92. The molecule has 0 N–H and O–H groups in total. The van der Waals surface area contributed by atoms with E-state index in [0.29, 0.717) is 18.0 Å². The molecule has 0 radical (unpaired) electrons. The predicted octanol–water partition coefficient (Wildman–Crippen LogP) is 5.41. The van der Waals surface area contributed by atoms with Crippen molar-refractivity contribution in [3.8, 4) is 0 Å². The molecule has 0 aromatic heterocycles. The van der Waals surface area contributed by atoms with E-state index < -0.39 is 9.84 Å². The summed E-state index contributed by atoms with van der Waals surface area (Å²) in [5.74, 6) is 0.871. The van der Waals surface area contributed by atoms with Crippen LogP contribution >= 0.6 is 11.8 Å². The molecule has 160 valence electrons. The Morgan fingerprint density at radius 2 is 1.48 bits per heavy atom. The Labute approximate surface area is 189 Å². The van der Waals surface area contributed by atoms with Gasteiger partial charge in [0.15, 0.2) is 9.84 Å². The summed E-state index contributed by atoms with van der Waals surface area (Å²) in [6.45, 7) is 1.28. The summed E-state index contributed by atoms with van der Waals surface area (Å²) in [7, 11) is -3.34.